The van der Waals surface area contributed by atoms with Gasteiger partial charge in [0.05, 0.1) is 13.3 Å². The minimum Gasteiger partial charge on any atom is -0.372 e. The van der Waals surface area contributed by atoms with E-state index in [1.807, 2.05) is 0 Å². The van der Waals surface area contributed by atoms with Crippen LogP contribution in [0.2, 0.25) is 0 Å². The van der Waals surface area contributed by atoms with Gasteiger partial charge in [0.15, 0.2) is 0 Å². The van der Waals surface area contributed by atoms with E-state index in [1.165, 1.54) is 109 Å². The van der Waals surface area contributed by atoms with Crippen molar-refractivity contribution in [3.8, 4) is 11.1 Å². The molecule has 2 aliphatic rings. The van der Waals surface area contributed by atoms with Gasteiger partial charge in [0.25, 0.3) is 0 Å². The van der Waals surface area contributed by atoms with Gasteiger partial charge >= 0.3 is 0 Å². The SMILES string of the molecule is c1ccc2c(-c3c(NCN4CCCCC4)ccc4ccccc34)c(NCN3CCCCC3)ccc2c1. The summed E-state index contributed by atoms with van der Waals surface area (Å²) in [6.45, 7) is 6.54. The quantitative estimate of drug-likeness (QED) is 0.290. The number of piperidine rings is 2. The van der Waals surface area contributed by atoms with Crippen LogP contribution in [0.4, 0.5) is 11.4 Å². The molecule has 4 aromatic rings. The third-order valence-electron chi connectivity index (χ3n) is 7.99. The van der Waals surface area contributed by atoms with E-state index in [2.05, 4.69) is 93.2 Å². The van der Waals surface area contributed by atoms with Gasteiger partial charge in [-0.2, -0.15) is 0 Å². The molecule has 4 nitrogen and oxygen atoms in total. The van der Waals surface area contributed by atoms with E-state index < -0.39 is 0 Å². The Balaban J connectivity index is 1.45. The van der Waals surface area contributed by atoms with Gasteiger partial charge in [0.2, 0.25) is 0 Å². The number of anilines is 2. The van der Waals surface area contributed by atoms with Crippen molar-refractivity contribution in [1.29, 1.82) is 0 Å². The van der Waals surface area contributed by atoms with Crippen LogP contribution in [0, 0.1) is 0 Å². The minimum absolute atomic E-state index is 0.895. The van der Waals surface area contributed by atoms with Crippen molar-refractivity contribution in [2.45, 2.75) is 38.5 Å². The predicted molar refractivity (Wildman–Crippen MR) is 155 cm³/mol. The van der Waals surface area contributed by atoms with Crippen LogP contribution >= 0.6 is 0 Å². The first-order valence-corrected chi connectivity index (χ1v) is 13.8. The molecular weight excluding hydrogens is 440 g/mol. The average molecular weight is 479 g/mol. The van der Waals surface area contributed by atoms with Gasteiger partial charge in [-0.3, -0.25) is 9.80 Å². The highest BCUT2D eigenvalue weighted by Crippen LogP contribution is 2.43. The highest BCUT2D eigenvalue weighted by molar-refractivity contribution is 6.13. The molecule has 2 heterocycles. The van der Waals surface area contributed by atoms with Crippen molar-refractivity contribution in [3.05, 3.63) is 72.8 Å². The number of hydrogen-bond acceptors (Lipinski definition) is 4. The molecule has 2 saturated heterocycles. The summed E-state index contributed by atoms with van der Waals surface area (Å²) in [6.07, 6.45) is 7.94. The van der Waals surface area contributed by atoms with Gasteiger partial charge in [-0.05, 0) is 85.5 Å². The second-order valence-electron chi connectivity index (χ2n) is 10.4. The highest BCUT2D eigenvalue weighted by atomic mass is 15.2. The van der Waals surface area contributed by atoms with Gasteiger partial charge in [0.1, 0.15) is 0 Å². The van der Waals surface area contributed by atoms with Crippen molar-refractivity contribution in [2.24, 2.45) is 0 Å². The molecule has 0 radical (unpaired) electrons. The van der Waals surface area contributed by atoms with Gasteiger partial charge in [-0.15, -0.1) is 0 Å². The highest BCUT2D eigenvalue weighted by Gasteiger charge is 2.19. The third kappa shape index (κ3) is 4.93. The Hall–Kier alpha value is -3.08. The van der Waals surface area contributed by atoms with E-state index in [9.17, 15) is 0 Å². The van der Waals surface area contributed by atoms with Crippen LogP contribution in [0.1, 0.15) is 38.5 Å². The second kappa shape index (κ2) is 10.9. The second-order valence-corrected chi connectivity index (χ2v) is 10.4. The van der Waals surface area contributed by atoms with Crippen molar-refractivity contribution < 1.29 is 0 Å². The van der Waals surface area contributed by atoms with E-state index in [-0.39, 0.29) is 0 Å². The topological polar surface area (TPSA) is 30.5 Å². The van der Waals surface area contributed by atoms with Crippen molar-refractivity contribution in [3.63, 3.8) is 0 Å². The molecule has 2 N–H and O–H groups in total. The van der Waals surface area contributed by atoms with Crippen molar-refractivity contribution in [1.82, 2.24) is 9.80 Å². The lowest BCUT2D eigenvalue weighted by molar-refractivity contribution is 0.243. The molecule has 4 heteroatoms. The maximum atomic E-state index is 3.86. The van der Waals surface area contributed by atoms with E-state index in [0.717, 1.165) is 13.3 Å². The normalized spacial score (nSPS) is 17.4. The zero-order valence-corrected chi connectivity index (χ0v) is 21.3. The Labute approximate surface area is 215 Å². The van der Waals surface area contributed by atoms with Gasteiger partial charge in [0, 0.05) is 22.5 Å². The summed E-state index contributed by atoms with van der Waals surface area (Å²) in [6, 6.07) is 26.8. The van der Waals surface area contributed by atoms with E-state index in [4.69, 9.17) is 0 Å². The number of likely N-dealkylation sites (tertiary alicyclic amines) is 2. The standard InChI is InChI=1S/C32H38N4/c1-7-19-35(20-8-1)23-33-29-17-15-25-11-3-5-13-27(25)31(29)32-28-14-6-4-12-26(28)16-18-30(32)34-24-36-21-9-2-10-22-36/h3-6,11-18,33-34H,1-2,7-10,19-24H2. The van der Waals surface area contributed by atoms with Gasteiger partial charge in [-0.1, -0.05) is 73.5 Å². The van der Waals surface area contributed by atoms with Crippen LogP contribution < -0.4 is 10.6 Å². The molecule has 4 aromatic carbocycles. The summed E-state index contributed by atoms with van der Waals surface area (Å²) in [5.74, 6) is 0. The molecule has 0 amide bonds. The molecule has 0 aliphatic carbocycles. The Morgan fingerprint density at radius 2 is 0.889 bits per heavy atom. The number of nitrogens with zero attached hydrogens (tertiary/aromatic N) is 2. The lowest BCUT2D eigenvalue weighted by Gasteiger charge is -2.29. The minimum atomic E-state index is 0.895. The number of benzene rings is 4. The fraction of sp³-hybridized carbons (Fsp3) is 0.375. The Morgan fingerprint density at radius 3 is 1.33 bits per heavy atom. The van der Waals surface area contributed by atoms with Crippen molar-refractivity contribution >= 4 is 32.9 Å². The number of rotatable bonds is 7. The first-order chi connectivity index (χ1) is 17.9. The molecule has 36 heavy (non-hydrogen) atoms. The average Bonchev–Trinajstić information content (AvgIpc) is 2.95. The molecule has 0 unspecified atom stereocenters. The summed E-state index contributed by atoms with van der Waals surface area (Å²) in [5, 5.41) is 12.9. The van der Waals surface area contributed by atoms with E-state index in [1.54, 1.807) is 0 Å². The molecular formula is C32H38N4. The molecule has 6 rings (SSSR count). The maximum absolute atomic E-state index is 3.86. The molecule has 0 bridgehead atoms. The molecule has 0 aromatic heterocycles. The summed E-state index contributed by atoms with van der Waals surface area (Å²) < 4.78 is 0. The van der Waals surface area contributed by atoms with Crippen molar-refractivity contribution in [2.75, 3.05) is 50.1 Å². The van der Waals surface area contributed by atoms with Crippen LogP contribution in [0.25, 0.3) is 32.7 Å². The van der Waals surface area contributed by atoms with Gasteiger partial charge in [-0.25, -0.2) is 0 Å². The van der Waals surface area contributed by atoms with Crippen LogP contribution in [-0.4, -0.2) is 49.3 Å². The third-order valence-corrected chi connectivity index (χ3v) is 7.99. The Kier molecular flexibility index (Phi) is 7.06. The lowest BCUT2D eigenvalue weighted by atomic mass is 9.91. The fourth-order valence-electron chi connectivity index (χ4n) is 6.01. The number of nitrogens with one attached hydrogen (secondary N) is 2. The molecule has 2 aliphatic heterocycles. The number of hydrogen-bond donors (Lipinski definition) is 2. The summed E-state index contributed by atoms with van der Waals surface area (Å²) in [5.41, 5.74) is 5.06. The largest absolute Gasteiger partial charge is 0.372 e. The molecule has 0 saturated carbocycles. The summed E-state index contributed by atoms with van der Waals surface area (Å²) in [7, 11) is 0. The Morgan fingerprint density at radius 1 is 0.472 bits per heavy atom. The van der Waals surface area contributed by atoms with Gasteiger partial charge < -0.3 is 10.6 Å². The summed E-state index contributed by atoms with van der Waals surface area (Å²) in [4.78, 5) is 5.11. The maximum Gasteiger partial charge on any atom is 0.0678 e. The van der Waals surface area contributed by atoms with Crippen LogP contribution in [0.3, 0.4) is 0 Å². The summed E-state index contributed by atoms with van der Waals surface area (Å²) >= 11 is 0. The van der Waals surface area contributed by atoms with Crippen LogP contribution in [0.5, 0.6) is 0 Å². The monoisotopic (exact) mass is 478 g/mol. The zero-order valence-electron chi connectivity index (χ0n) is 21.3. The fourth-order valence-corrected chi connectivity index (χ4v) is 6.01. The zero-order chi connectivity index (χ0) is 24.2. The van der Waals surface area contributed by atoms with E-state index >= 15 is 0 Å². The molecule has 0 spiro atoms. The predicted octanol–water partition coefficient (Wildman–Crippen LogP) is 7.37. The van der Waals surface area contributed by atoms with Crippen LogP contribution in [-0.2, 0) is 0 Å². The molecule has 0 atom stereocenters. The van der Waals surface area contributed by atoms with Crippen LogP contribution in [0.15, 0.2) is 72.8 Å². The Bertz CT molecular complexity index is 1220. The first kappa shape index (κ1) is 23.3. The number of fused-ring (bicyclic) bond motifs is 2. The smallest absolute Gasteiger partial charge is 0.0678 e. The lowest BCUT2D eigenvalue weighted by Crippen LogP contribution is -2.34. The molecule has 186 valence electrons. The first-order valence-electron chi connectivity index (χ1n) is 13.8. The molecule has 2 fully saturated rings. The van der Waals surface area contributed by atoms with E-state index in [0.29, 0.717) is 0 Å².